The Morgan fingerprint density at radius 3 is 2.74 bits per heavy atom. The molecule has 4 atom stereocenters. The van der Waals surface area contributed by atoms with E-state index in [2.05, 4.69) is 26.8 Å². The van der Waals surface area contributed by atoms with Gasteiger partial charge in [-0.25, -0.2) is 4.79 Å². The van der Waals surface area contributed by atoms with Crippen LogP contribution in [0.1, 0.15) is 66.2 Å². The van der Waals surface area contributed by atoms with Gasteiger partial charge in [-0.2, -0.15) is 0 Å². The molecule has 2 aliphatic rings. The summed E-state index contributed by atoms with van der Waals surface area (Å²) in [4.78, 5) is 10.9. The first kappa shape index (κ1) is 18.3. The van der Waals surface area contributed by atoms with Crippen LogP contribution in [0.4, 0.5) is 0 Å². The maximum Gasteiger partial charge on any atom is 0.328 e. The molecule has 2 N–H and O–H groups in total. The van der Waals surface area contributed by atoms with Crippen LogP contribution in [0.5, 0.6) is 0 Å². The van der Waals surface area contributed by atoms with Gasteiger partial charge >= 0.3 is 5.97 Å². The lowest BCUT2D eigenvalue weighted by Gasteiger charge is -2.58. The lowest BCUT2D eigenvalue weighted by Crippen LogP contribution is -2.52. The molecule has 23 heavy (non-hydrogen) atoms. The minimum atomic E-state index is -0.856. The lowest BCUT2D eigenvalue weighted by atomic mass is 9.46. The van der Waals surface area contributed by atoms with Crippen molar-refractivity contribution in [3.8, 4) is 0 Å². The summed E-state index contributed by atoms with van der Waals surface area (Å²) < 4.78 is 0. The molecule has 3 heteroatoms. The largest absolute Gasteiger partial charge is 0.478 e. The molecule has 0 aromatic heterocycles. The Kier molecular flexibility index (Phi) is 5.40. The third-order valence-corrected chi connectivity index (χ3v) is 7.01. The maximum absolute atomic E-state index is 10.9. The summed E-state index contributed by atoms with van der Waals surface area (Å²) in [5, 5.41) is 19.2. The van der Waals surface area contributed by atoms with Crippen LogP contribution in [-0.2, 0) is 4.79 Å². The molecular weight excluding hydrogens is 288 g/mol. The Hall–Kier alpha value is -1.09. The van der Waals surface area contributed by atoms with Crippen molar-refractivity contribution < 1.29 is 15.0 Å². The summed E-state index contributed by atoms with van der Waals surface area (Å²) in [7, 11) is 0. The highest BCUT2D eigenvalue weighted by molar-refractivity contribution is 5.80. The summed E-state index contributed by atoms with van der Waals surface area (Å²) in [5.74, 6) is 0.243. The van der Waals surface area contributed by atoms with E-state index in [1.54, 1.807) is 0 Å². The molecule has 0 heterocycles. The highest BCUT2D eigenvalue weighted by atomic mass is 16.4. The predicted octanol–water partition coefficient (Wildman–Crippen LogP) is 4.57. The number of hydrogen-bond acceptors (Lipinski definition) is 2. The third kappa shape index (κ3) is 3.26. The smallest absolute Gasteiger partial charge is 0.328 e. The first-order chi connectivity index (χ1) is 10.8. The molecule has 0 spiro atoms. The van der Waals surface area contributed by atoms with E-state index in [0.717, 1.165) is 44.1 Å². The Labute approximate surface area is 140 Å². The van der Waals surface area contributed by atoms with E-state index in [1.807, 2.05) is 6.92 Å². The van der Waals surface area contributed by atoms with E-state index in [0.29, 0.717) is 11.8 Å². The van der Waals surface area contributed by atoms with Gasteiger partial charge in [-0.3, -0.25) is 0 Å². The number of aliphatic carboxylic acids is 1. The minimum Gasteiger partial charge on any atom is -0.478 e. The van der Waals surface area contributed by atoms with E-state index in [4.69, 9.17) is 5.11 Å². The van der Waals surface area contributed by atoms with Crippen LogP contribution in [-0.4, -0.2) is 22.8 Å². The van der Waals surface area contributed by atoms with E-state index >= 15 is 0 Å². The van der Waals surface area contributed by atoms with Crippen molar-refractivity contribution in [2.45, 2.75) is 66.2 Å². The monoisotopic (exact) mass is 320 g/mol. The number of carboxylic acid groups (broad SMARTS) is 1. The quantitative estimate of drug-likeness (QED) is 0.576. The molecule has 2 aliphatic carbocycles. The van der Waals surface area contributed by atoms with Crippen molar-refractivity contribution in [3.63, 3.8) is 0 Å². The average molecular weight is 320 g/mol. The van der Waals surface area contributed by atoms with E-state index < -0.39 is 5.97 Å². The Morgan fingerprint density at radius 1 is 1.43 bits per heavy atom. The highest BCUT2D eigenvalue weighted by Gasteiger charge is 2.54. The molecule has 0 radical (unpaired) electrons. The van der Waals surface area contributed by atoms with Crippen LogP contribution in [0, 0.1) is 22.7 Å². The van der Waals surface area contributed by atoms with E-state index in [9.17, 15) is 9.90 Å². The second kappa shape index (κ2) is 6.80. The molecule has 130 valence electrons. The van der Waals surface area contributed by atoms with Crippen molar-refractivity contribution >= 4 is 5.97 Å². The van der Waals surface area contributed by atoms with Gasteiger partial charge in [-0.1, -0.05) is 31.1 Å². The van der Waals surface area contributed by atoms with Crippen LogP contribution in [0.25, 0.3) is 0 Å². The fraction of sp³-hybridized carbons (Fsp3) is 0.750. The molecular formula is C20H32O3. The minimum absolute atomic E-state index is 0.0517. The SMILES string of the molecule is CC(=CC(=O)O)CCC1(C)C(C)CCC2(CO)C(C)=CCCC21. The van der Waals surface area contributed by atoms with Gasteiger partial charge in [0.05, 0.1) is 6.61 Å². The number of hydrogen-bond donors (Lipinski definition) is 2. The van der Waals surface area contributed by atoms with Gasteiger partial charge < -0.3 is 10.2 Å². The molecule has 0 bridgehead atoms. The molecule has 0 aromatic carbocycles. The van der Waals surface area contributed by atoms with Crippen LogP contribution in [0.2, 0.25) is 0 Å². The number of fused-ring (bicyclic) bond motifs is 1. The number of carbonyl (C=O) groups is 1. The lowest BCUT2D eigenvalue weighted by molar-refractivity contribution is -0.131. The van der Waals surface area contributed by atoms with E-state index in [1.165, 1.54) is 11.6 Å². The standard InChI is InChI=1S/C20H32O3/c1-14(12-18(22)23)8-10-19(4)15(2)9-11-20(13-21)16(3)6-5-7-17(19)20/h6,12,15,17,21H,5,7-11,13H2,1-4H3,(H,22,23). The first-order valence-electron chi connectivity index (χ1n) is 8.94. The van der Waals surface area contributed by atoms with Crippen molar-refractivity contribution in [3.05, 3.63) is 23.3 Å². The number of aliphatic hydroxyl groups excluding tert-OH is 1. The van der Waals surface area contributed by atoms with Gasteiger partial charge in [-0.15, -0.1) is 0 Å². The Bertz CT molecular complexity index is 519. The maximum atomic E-state index is 10.9. The summed E-state index contributed by atoms with van der Waals surface area (Å²) in [6, 6.07) is 0. The third-order valence-electron chi connectivity index (χ3n) is 7.01. The van der Waals surface area contributed by atoms with Crippen molar-refractivity contribution in [2.24, 2.45) is 22.7 Å². The van der Waals surface area contributed by atoms with Crippen LogP contribution in [0.3, 0.4) is 0 Å². The molecule has 2 rings (SSSR count). The molecule has 0 aromatic rings. The Balaban J connectivity index is 2.27. The zero-order chi connectivity index (χ0) is 17.3. The number of aliphatic hydroxyl groups is 1. The summed E-state index contributed by atoms with van der Waals surface area (Å²) >= 11 is 0. The first-order valence-corrected chi connectivity index (χ1v) is 8.94. The van der Waals surface area contributed by atoms with E-state index in [-0.39, 0.29) is 17.4 Å². The van der Waals surface area contributed by atoms with Gasteiger partial charge in [0.25, 0.3) is 0 Å². The number of carboxylic acids is 1. The van der Waals surface area contributed by atoms with Crippen LogP contribution in [0.15, 0.2) is 23.3 Å². The fourth-order valence-corrected chi connectivity index (χ4v) is 5.18. The molecule has 0 amide bonds. The van der Waals surface area contributed by atoms with Crippen molar-refractivity contribution in [2.75, 3.05) is 6.61 Å². The normalized spacial score (nSPS) is 38.0. The van der Waals surface area contributed by atoms with Gasteiger partial charge in [-0.05, 0) is 69.6 Å². The summed E-state index contributed by atoms with van der Waals surface area (Å²) in [5.41, 5.74) is 2.41. The second-order valence-electron chi connectivity index (χ2n) is 8.11. The van der Waals surface area contributed by atoms with Crippen molar-refractivity contribution in [1.82, 2.24) is 0 Å². The molecule has 0 saturated heterocycles. The predicted molar refractivity (Wildman–Crippen MR) is 93.1 cm³/mol. The topological polar surface area (TPSA) is 57.5 Å². The average Bonchev–Trinajstić information content (AvgIpc) is 2.49. The zero-order valence-corrected chi connectivity index (χ0v) is 15.1. The van der Waals surface area contributed by atoms with Gasteiger partial charge in [0.1, 0.15) is 0 Å². The molecule has 1 saturated carbocycles. The summed E-state index contributed by atoms with van der Waals surface area (Å²) in [6.45, 7) is 9.06. The highest BCUT2D eigenvalue weighted by Crippen LogP contribution is 2.61. The second-order valence-corrected chi connectivity index (χ2v) is 8.11. The molecule has 0 aliphatic heterocycles. The zero-order valence-electron chi connectivity index (χ0n) is 15.1. The molecule has 3 nitrogen and oxygen atoms in total. The van der Waals surface area contributed by atoms with Gasteiger partial charge in [0, 0.05) is 11.5 Å². The van der Waals surface area contributed by atoms with Crippen molar-refractivity contribution in [1.29, 1.82) is 0 Å². The van der Waals surface area contributed by atoms with Gasteiger partial charge in [0.2, 0.25) is 0 Å². The number of allylic oxidation sites excluding steroid dienone is 2. The molecule has 1 fully saturated rings. The molecule has 4 unspecified atom stereocenters. The Morgan fingerprint density at radius 2 is 2.13 bits per heavy atom. The summed E-state index contributed by atoms with van der Waals surface area (Å²) in [6.07, 6.45) is 9.95. The van der Waals surface area contributed by atoms with Crippen LogP contribution < -0.4 is 0 Å². The fourth-order valence-electron chi connectivity index (χ4n) is 5.18. The number of rotatable bonds is 5. The van der Waals surface area contributed by atoms with Gasteiger partial charge in [0.15, 0.2) is 0 Å². The van der Waals surface area contributed by atoms with Crippen LogP contribution >= 0.6 is 0 Å².